The Balaban J connectivity index is 1.68. The molecule has 2 aliphatic heterocycles. The minimum absolute atomic E-state index is 0.0114. The number of likely N-dealkylation sites (N-methyl/N-ethyl adjacent to an activating group) is 1. The van der Waals surface area contributed by atoms with E-state index in [0.717, 1.165) is 0 Å². The van der Waals surface area contributed by atoms with Crippen LogP contribution < -0.4 is 9.64 Å². The average molecular weight is 484 g/mol. The number of amides is 1. The minimum atomic E-state index is -0.568. The normalized spacial score (nSPS) is 21.3. The fourth-order valence-electron chi connectivity index (χ4n) is 4.59. The molecule has 0 aliphatic carbocycles. The van der Waals surface area contributed by atoms with Crippen molar-refractivity contribution in [2.75, 3.05) is 58.3 Å². The van der Waals surface area contributed by atoms with E-state index in [4.69, 9.17) is 14.2 Å². The molecule has 2 fully saturated rings. The lowest BCUT2D eigenvalue weighted by molar-refractivity contribution is 0.0240. The summed E-state index contributed by atoms with van der Waals surface area (Å²) in [7, 11) is 3.62. The van der Waals surface area contributed by atoms with Crippen molar-refractivity contribution in [3.05, 3.63) is 23.8 Å². The van der Waals surface area contributed by atoms with Crippen molar-refractivity contribution in [3.8, 4) is 17.7 Å². The zero-order valence-electron chi connectivity index (χ0n) is 20.9. The second-order valence-electron chi connectivity index (χ2n) is 10.0. The van der Waals surface area contributed by atoms with Crippen LogP contribution >= 0.6 is 0 Å². The van der Waals surface area contributed by atoms with Crippen LogP contribution in [0.15, 0.2) is 18.2 Å². The van der Waals surface area contributed by atoms with Gasteiger partial charge in [-0.1, -0.05) is 12.1 Å². The summed E-state index contributed by atoms with van der Waals surface area (Å²) in [5.41, 5.74) is 0.749. The van der Waals surface area contributed by atoms with E-state index in [-0.39, 0.29) is 29.9 Å². The van der Waals surface area contributed by atoms with Crippen LogP contribution in [-0.2, 0) is 9.47 Å². The topological polar surface area (TPSA) is 111 Å². The number of ether oxygens (including phenoxy) is 3. The first-order valence-electron chi connectivity index (χ1n) is 11.8. The maximum absolute atomic E-state index is 12.5. The number of methoxy groups -OCH3 is 1. The second kappa shape index (κ2) is 9.76. The van der Waals surface area contributed by atoms with Crippen LogP contribution in [-0.4, -0.2) is 97.2 Å². The zero-order chi connectivity index (χ0) is 25.3. The van der Waals surface area contributed by atoms with Crippen LogP contribution in [0.5, 0.6) is 11.6 Å². The number of hydrogen-bond acceptors (Lipinski definition) is 9. The van der Waals surface area contributed by atoms with Gasteiger partial charge in [-0.2, -0.15) is 5.26 Å². The number of phenols is 1. The van der Waals surface area contributed by atoms with Gasteiger partial charge < -0.3 is 29.1 Å². The molecule has 0 unspecified atom stereocenters. The van der Waals surface area contributed by atoms with E-state index >= 15 is 0 Å². The SMILES string of the molecule is CO[C@@H]1CN(C)C[C@H]1Oc1nc2c(O)cccc2c(N2CCN(C(=O)OC(C)(C)C)CC2)c1C#N. The van der Waals surface area contributed by atoms with Gasteiger partial charge in [-0.25, -0.2) is 9.78 Å². The van der Waals surface area contributed by atoms with Crippen LogP contribution in [0.3, 0.4) is 0 Å². The van der Waals surface area contributed by atoms with E-state index in [1.807, 2.05) is 38.8 Å². The molecule has 35 heavy (non-hydrogen) atoms. The van der Waals surface area contributed by atoms with Gasteiger partial charge in [-0.15, -0.1) is 0 Å². The summed E-state index contributed by atoms with van der Waals surface area (Å²) in [5, 5.41) is 21.4. The van der Waals surface area contributed by atoms with E-state index in [1.165, 1.54) is 0 Å². The third kappa shape index (κ3) is 5.21. The smallest absolute Gasteiger partial charge is 0.410 e. The molecule has 0 spiro atoms. The highest BCUT2D eigenvalue weighted by atomic mass is 16.6. The van der Waals surface area contributed by atoms with Gasteiger partial charge in [0.25, 0.3) is 0 Å². The molecule has 2 aliphatic rings. The highest BCUT2D eigenvalue weighted by molar-refractivity contribution is 5.98. The van der Waals surface area contributed by atoms with Crippen molar-refractivity contribution in [1.29, 1.82) is 5.26 Å². The van der Waals surface area contributed by atoms with Crippen LogP contribution in [0.4, 0.5) is 10.5 Å². The van der Waals surface area contributed by atoms with Gasteiger partial charge in [0, 0.05) is 51.8 Å². The molecular weight excluding hydrogens is 450 g/mol. The molecule has 188 valence electrons. The molecule has 3 heterocycles. The Kier molecular flexibility index (Phi) is 6.92. The first-order chi connectivity index (χ1) is 16.6. The summed E-state index contributed by atoms with van der Waals surface area (Å²) in [6.45, 7) is 8.74. The summed E-state index contributed by atoms with van der Waals surface area (Å²) in [4.78, 5) is 22.9. The summed E-state index contributed by atoms with van der Waals surface area (Å²) in [5.74, 6) is 0.186. The quantitative estimate of drug-likeness (QED) is 0.701. The molecular formula is C25H33N5O5. The molecule has 10 heteroatoms. The van der Waals surface area contributed by atoms with Gasteiger partial charge >= 0.3 is 6.09 Å². The summed E-state index contributed by atoms with van der Waals surface area (Å²) < 4.78 is 17.3. The molecule has 2 saturated heterocycles. The van der Waals surface area contributed by atoms with E-state index in [1.54, 1.807) is 24.1 Å². The Hall–Kier alpha value is -3.29. The number of benzene rings is 1. The Morgan fingerprint density at radius 3 is 2.49 bits per heavy atom. The van der Waals surface area contributed by atoms with Crippen LogP contribution in [0.25, 0.3) is 10.9 Å². The molecule has 0 saturated carbocycles. The maximum atomic E-state index is 12.5. The van der Waals surface area contributed by atoms with E-state index in [9.17, 15) is 15.2 Å². The van der Waals surface area contributed by atoms with Crippen LogP contribution in [0, 0.1) is 11.3 Å². The Morgan fingerprint density at radius 2 is 1.86 bits per heavy atom. The number of hydrogen-bond donors (Lipinski definition) is 1. The molecule has 1 aromatic carbocycles. The molecule has 2 atom stereocenters. The first-order valence-corrected chi connectivity index (χ1v) is 11.8. The molecule has 1 N–H and O–H groups in total. The minimum Gasteiger partial charge on any atom is -0.506 e. The highest BCUT2D eigenvalue weighted by Gasteiger charge is 2.35. The Labute approximate surface area is 205 Å². The fraction of sp³-hybridized carbons (Fsp3) is 0.560. The number of likely N-dealkylation sites (tertiary alicyclic amines) is 1. The molecule has 2 aromatic rings. The van der Waals surface area contributed by atoms with E-state index in [2.05, 4.69) is 16.0 Å². The van der Waals surface area contributed by atoms with Gasteiger partial charge in [0.05, 0.1) is 5.69 Å². The average Bonchev–Trinajstić information content (AvgIpc) is 3.16. The molecule has 0 radical (unpaired) electrons. The standard InChI is InChI=1S/C25H33N5O5/c1-25(2,3)35-24(32)30-11-9-29(10-12-30)22-16-7-6-8-18(31)21(16)27-23(17(22)13-26)34-20-15-28(4)14-19(20)33-5/h6-8,19-20,31H,9-12,14-15H2,1-5H3/t19-,20-/m1/s1. The maximum Gasteiger partial charge on any atom is 0.410 e. The second-order valence-corrected chi connectivity index (χ2v) is 10.0. The predicted molar refractivity (Wildman–Crippen MR) is 131 cm³/mol. The molecule has 4 rings (SSSR count). The van der Waals surface area contributed by atoms with Gasteiger partial charge in [0.1, 0.15) is 40.7 Å². The van der Waals surface area contributed by atoms with Crippen LogP contribution in [0.1, 0.15) is 26.3 Å². The lowest BCUT2D eigenvalue weighted by atomic mass is 10.1. The number of aromatic hydroxyl groups is 1. The number of fused-ring (bicyclic) bond motifs is 1. The number of nitriles is 1. The van der Waals surface area contributed by atoms with Crippen LogP contribution in [0.2, 0.25) is 0 Å². The van der Waals surface area contributed by atoms with Gasteiger partial charge in [0.15, 0.2) is 0 Å². The number of carbonyl (C=O) groups excluding carboxylic acids is 1. The van der Waals surface area contributed by atoms with Crippen molar-refractivity contribution in [3.63, 3.8) is 0 Å². The molecule has 10 nitrogen and oxygen atoms in total. The molecule has 0 bridgehead atoms. The largest absolute Gasteiger partial charge is 0.506 e. The first kappa shape index (κ1) is 24.8. The van der Waals surface area contributed by atoms with Gasteiger partial charge in [-0.05, 0) is 33.9 Å². The number of para-hydroxylation sites is 1. The summed E-state index contributed by atoms with van der Waals surface area (Å²) in [6, 6.07) is 7.42. The fourth-order valence-corrected chi connectivity index (χ4v) is 4.59. The van der Waals surface area contributed by atoms with Gasteiger partial charge in [-0.3, -0.25) is 4.90 Å². The zero-order valence-corrected chi connectivity index (χ0v) is 20.9. The Bertz CT molecular complexity index is 1130. The third-order valence-corrected chi connectivity index (χ3v) is 6.26. The highest BCUT2D eigenvalue weighted by Crippen LogP contribution is 2.39. The number of piperazine rings is 1. The lowest BCUT2D eigenvalue weighted by Gasteiger charge is -2.37. The number of pyridine rings is 1. The van der Waals surface area contributed by atoms with E-state index in [0.29, 0.717) is 61.4 Å². The predicted octanol–water partition coefficient (Wildman–Crippen LogP) is 2.58. The van der Waals surface area contributed by atoms with Crippen molar-refractivity contribution in [1.82, 2.24) is 14.8 Å². The third-order valence-electron chi connectivity index (χ3n) is 6.26. The van der Waals surface area contributed by atoms with Crippen molar-refractivity contribution in [2.45, 2.75) is 38.6 Å². The van der Waals surface area contributed by atoms with Crippen molar-refractivity contribution >= 4 is 22.7 Å². The van der Waals surface area contributed by atoms with Crippen molar-refractivity contribution < 1.29 is 24.1 Å². The number of anilines is 1. The number of phenolic OH excluding ortho intramolecular Hbond substituents is 1. The Morgan fingerprint density at radius 1 is 1.17 bits per heavy atom. The molecule has 1 amide bonds. The number of carbonyl (C=O) groups is 1. The van der Waals surface area contributed by atoms with E-state index < -0.39 is 5.60 Å². The molecule has 1 aromatic heterocycles. The van der Waals surface area contributed by atoms with Gasteiger partial charge in [0.2, 0.25) is 5.88 Å². The number of rotatable bonds is 4. The monoisotopic (exact) mass is 483 g/mol. The van der Waals surface area contributed by atoms with Crippen molar-refractivity contribution in [2.24, 2.45) is 0 Å². The summed E-state index contributed by atoms with van der Waals surface area (Å²) in [6.07, 6.45) is -0.811. The summed E-state index contributed by atoms with van der Waals surface area (Å²) >= 11 is 0. The number of aromatic nitrogens is 1. The lowest BCUT2D eigenvalue weighted by Crippen LogP contribution is -2.50. The number of nitrogens with zero attached hydrogens (tertiary/aromatic N) is 5.